The minimum absolute atomic E-state index is 0.0334. The van der Waals surface area contributed by atoms with Crippen molar-refractivity contribution >= 4 is 11.9 Å². The standard InChI is InChI=1S/C13H23N3O4/c1-12(2,16-6-4-14-5-7-16)10(17)15-13(11(18)19)3-8-20-9-13/h14H,3-9H2,1-2H3,(H,15,17)(H,18,19). The number of rotatable bonds is 4. The van der Waals surface area contributed by atoms with Crippen molar-refractivity contribution in [3.8, 4) is 0 Å². The lowest BCUT2D eigenvalue weighted by atomic mass is 9.94. The first kappa shape index (κ1) is 15.2. The summed E-state index contributed by atoms with van der Waals surface area (Å²) in [5.41, 5.74) is -2.00. The second-order valence-corrected chi connectivity index (χ2v) is 5.94. The Labute approximate surface area is 118 Å². The molecule has 0 spiro atoms. The zero-order valence-corrected chi connectivity index (χ0v) is 12.1. The Morgan fingerprint density at radius 1 is 1.35 bits per heavy atom. The number of carboxylic acid groups (broad SMARTS) is 1. The van der Waals surface area contributed by atoms with E-state index in [1.807, 2.05) is 13.8 Å². The maximum atomic E-state index is 12.5. The van der Waals surface area contributed by atoms with Gasteiger partial charge in [-0.25, -0.2) is 4.79 Å². The number of nitrogens with zero attached hydrogens (tertiary/aromatic N) is 1. The van der Waals surface area contributed by atoms with Gasteiger partial charge in [0.1, 0.15) is 0 Å². The second-order valence-electron chi connectivity index (χ2n) is 5.94. The van der Waals surface area contributed by atoms with Crippen LogP contribution in [0.5, 0.6) is 0 Å². The summed E-state index contributed by atoms with van der Waals surface area (Å²) in [5.74, 6) is -1.29. The normalized spacial score (nSPS) is 28.3. The van der Waals surface area contributed by atoms with Crippen molar-refractivity contribution in [1.29, 1.82) is 0 Å². The fourth-order valence-corrected chi connectivity index (χ4v) is 2.62. The van der Waals surface area contributed by atoms with Gasteiger partial charge in [0.2, 0.25) is 5.91 Å². The van der Waals surface area contributed by atoms with Gasteiger partial charge in [-0.3, -0.25) is 9.69 Å². The predicted molar refractivity (Wildman–Crippen MR) is 72.5 cm³/mol. The summed E-state index contributed by atoms with van der Waals surface area (Å²) in [6.07, 6.45) is 0.311. The van der Waals surface area contributed by atoms with Crippen molar-refractivity contribution in [2.24, 2.45) is 0 Å². The Hall–Kier alpha value is -1.18. The molecule has 0 aromatic carbocycles. The van der Waals surface area contributed by atoms with E-state index in [1.54, 1.807) is 0 Å². The maximum absolute atomic E-state index is 12.5. The van der Waals surface area contributed by atoms with E-state index in [0.29, 0.717) is 13.0 Å². The summed E-state index contributed by atoms with van der Waals surface area (Å²) in [6.45, 7) is 7.28. The van der Waals surface area contributed by atoms with Crippen LogP contribution < -0.4 is 10.6 Å². The predicted octanol–water partition coefficient (Wildman–Crippen LogP) is -0.970. The highest BCUT2D eigenvalue weighted by Crippen LogP contribution is 2.22. The van der Waals surface area contributed by atoms with Gasteiger partial charge in [-0.15, -0.1) is 0 Å². The van der Waals surface area contributed by atoms with E-state index < -0.39 is 17.0 Å². The molecule has 0 bridgehead atoms. The van der Waals surface area contributed by atoms with Crippen LogP contribution in [0.1, 0.15) is 20.3 Å². The number of amides is 1. The number of piperazine rings is 1. The Morgan fingerprint density at radius 2 is 2.00 bits per heavy atom. The number of carbonyl (C=O) groups is 2. The van der Waals surface area contributed by atoms with Crippen LogP contribution >= 0.6 is 0 Å². The third-order valence-electron chi connectivity index (χ3n) is 4.25. The van der Waals surface area contributed by atoms with Gasteiger partial charge in [0.15, 0.2) is 5.54 Å². The van der Waals surface area contributed by atoms with Crippen LogP contribution in [0.25, 0.3) is 0 Å². The van der Waals surface area contributed by atoms with Gasteiger partial charge in [0, 0.05) is 39.2 Å². The fourth-order valence-electron chi connectivity index (χ4n) is 2.62. The smallest absolute Gasteiger partial charge is 0.331 e. The van der Waals surface area contributed by atoms with Gasteiger partial charge in [0.05, 0.1) is 12.1 Å². The Kier molecular flexibility index (Phi) is 4.31. The summed E-state index contributed by atoms with van der Waals surface area (Å²) < 4.78 is 5.16. The lowest BCUT2D eigenvalue weighted by Gasteiger charge is -2.41. The number of nitrogens with one attached hydrogen (secondary N) is 2. The molecule has 1 amide bonds. The van der Waals surface area contributed by atoms with Crippen molar-refractivity contribution in [3.63, 3.8) is 0 Å². The lowest BCUT2D eigenvalue weighted by molar-refractivity contribution is -0.150. The maximum Gasteiger partial charge on any atom is 0.331 e. The molecule has 1 atom stereocenters. The first-order valence-corrected chi connectivity index (χ1v) is 6.98. The topological polar surface area (TPSA) is 90.9 Å². The Balaban J connectivity index is 2.07. The second kappa shape index (κ2) is 5.67. The molecule has 0 saturated carbocycles. The average molecular weight is 285 g/mol. The van der Waals surface area contributed by atoms with Crippen molar-refractivity contribution < 1.29 is 19.4 Å². The van der Waals surface area contributed by atoms with Crippen molar-refractivity contribution in [2.45, 2.75) is 31.3 Å². The number of carbonyl (C=O) groups excluding carboxylic acids is 1. The van der Waals surface area contributed by atoms with Gasteiger partial charge >= 0.3 is 5.97 Å². The van der Waals surface area contributed by atoms with Crippen LogP contribution in [0, 0.1) is 0 Å². The number of hydrogen-bond acceptors (Lipinski definition) is 5. The summed E-state index contributed by atoms with van der Waals surface area (Å²) >= 11 is 0. The van der Waals surface area contributed by atoms with E-state index in [4.69, 9.17) is 4.74 Å². The molecule has 0 aromatic heterocycles. The largest absolute Gasteiger partial charge is 0.479 e. The zero-order chi connectivity index (χ0) is 14.8. The van der Waals surface area contributed by atoms with Gasteiger partial charge < -0.3 is 20.5 Å². The highest BCUT2D eigenvalue weighted by Gasteiger charge is 2.47. The minimum Gasteiger partial charge on any atom is -0.479 e. The van der Waals surface area contributed by atoms with Crippen LogP contribution in [-0.4, -0.2) is 72.4 Å². The zero-order valence-electron chi connectivity index (χ0n) is 12.1. The molecule has 7 heteroatoms. The van der Waals surface area contributed by atoms with E-state index in [9.17, 15) is 14.7 Å². The molecule has 2 aliphatic heterocycles. The quantitative estimate of drug-likeness (QED) is 0.616. The van der Waals surface area contributed by atoms with Crippen molar-refractivity contribution in [2.75, 3.05) is 39.4 Å². The monoisotopic (exact) mass is 285 g/mol. The SMILES string of the molecule is CC(C)(C(=O)NC1(C(=O)O)CCOC1)N1CCNCC1. The van der Waals surface area contributed by atoms with Crippen LogP contribution in [-0.2, 0) is 14.3 Å². The number of carboxylic acids is 1. The van der Waals surface area contributed by atoms with Gasteiger partial charge in [-0.1, -0.05) is 0 Å². The van der Waals surface area contributed by atoms with E-state index >= 15 is 0 Å². The first-order chi connectivity index (χ1) is 9.38. The lowest BCUT2D eigenvalue weighted by Crippen LogP contribution is -2.65. The van der Waals surface area contributed by atoms with E-state index in [2.05, 4.69) is 15.5 Å². The number of hydrogen-bond donors (Lipinski definition) is 3. The Bertz CT molecular complexity index is 385. The molecule has 2 fully saturated rings. The summed E-state index contributed by atoms with van der Waals surface area (Å²) in [7, 11) is 0. The van der Waals surface area contributed by atoms with E-state index in [-0.39, 0.29) is 12.5 Å². The molecule has 7 nitrogen and oxygen atoms in total. The molecule has 1 unspecified atom stereocenters. The molecule has 20 heavy (non-hydrogen) atoms. The molecular weight excluding hydrogens is 262 g/mol. The van der Waals surface area contributed by atoms with Gasteiger partial charge in [-0.05, 0) is 13.8 Å². The van der Waals surface area contributed by atoms with Crippen molar-refractivity contribution in [3.05, 3.63) is 0 Å². The van der Waals surface area contributed by atoms with Crippen LogP contribution in [0.3, 0.4) is 0 Å². The van der Waals surface area contributed by atoms with Crippen LogP contribution in [0.15, 0.2) is 0 Å². The molecule has 2 saturated heterocycles. The van der Waals surface area contributed by atoms with E-state index in [1.165, 1.54) is 0 Å². The van der Waals surface area contributed by atoms with Gasteiger partial charge in [-0.2, -0.15) is 0 Å². The summed E-state index contributed by atoms with van der Waals surface area (Å²) in [4.78, 5) is 26.1. The first-order valence-electron chi connectivity index (χ1n) is 6.98. The third-order valence-corrected chi connectivity index (χ3v) is 4.25. The number of aliphatic carboxylic acids is 1. The molecule has 2 aliphatic rings. The van der Waals surface area contributed by atoms with E-state index in [0.717, 1.165) is 26.2 Å². The molecule has 0 aliphatic carbocycles. The van der Waals surface area contributed by atoms with Crippen LogP contribution in [0.2, 0.25) is 0 Å². The highest BCUT2D eigenvalue weighted by molar-refractivity contribution is 5.92. The third kappa shape index (κ3) is 2.79. The molecule has 0 aromatic rings. The summed E-state index contributed by atoms with van der Waals surface area (Å²) in [5, 5.41) is 15.3. The molecule has 2 heterocycles. The van der Waals surface area contributed by atoms with Gasteiger partial charge in [0.25, 0.3) is 0 Å². The molecule has 3 N–H and O–H groups in total. The molecule has 0 radical (unpaired) electrons. The summed E-state index contributed by atoms with van der Waals surface area (Å²) in [6, 6.07) is 0. The molecule has 114 valence electrons. The Morgan fingerprint density at radius 3 is 2.50 bits per heavy atom. The van der Waals surface area contributed by atoms with Crippen LogP contribution in [0.4, 0.5) is 0 Å². The van der Waals surface area contributed by atoms with Crippen molar-refractivity contribution in [1.82, 2.24) is 15.5 Å². The minimum atomic E-state index is -1.28. The molecular formula is C13H23N3O4. The number of ether oxygens (including phenoxy) is 1. The highest BCUT2D eigenvalue weighted by atomic mass is 16.5. The average Bonchev–Trinajstić information content (AvgIpc) is 2.89. The fraction of sp³-hybridized carbons (Fsp3) is 0.846. The molecule has 2 rings (SSSR count).